The number of benzene rings is 3. The average Bonchev–Trinajstić information content (AvgIpc) is 3.39. The first-order valence-electron chi connectivity index (χ1n) is 14.6. The molecule has 1 aliphatic heterocycles. The van der Waals surface area contributed by atoms with E-state index >= 15 is 4.39 Å². The van der Waals surface area contributed by atoms with E-state index in [0.29, 0.717) is 34.7 Å². The minimum atomic E-state index is -3.88. The number of quaternary nitrogens is 1. The summed E-state index contributed by atoms with van der Waals surface area (Å²) in [6.07, 6.45) is 1.74. The highest BCUT2D eigenvalue weighted by atomic mass is 35.5. The Labute approximate surface area is 283 Å². The summed E-state index contributed by atoms with van der Waals surface area (Å²) in [4.78, 5) is 4.51. The lowest BCUT2D eigenvalue weighted by molar-refractivity contribution is -0.874. The van der Waals surface area contributed by atoms with Gasteiger partial charge in [-0.3, -0.25) is 4.57 Å². The quantitative estimate of drug-likeness (QED) is 0.120. The third-order valence-corrected chi connectivity index (χ3v) is 11.6. The topological polar surface area (TPSA) is 64.4 Å². The highest BCUT2D eigenvalue weighted by Crippen LogP contribution is 2.40. The van der Waals surface area contributed by atoms with Crippen LogP contribution in [0.2, 0.25) is 10.0 Å². The summed E-state index contributed by atoms with van der Waals surface area (Å²) in [7, 11) is 3.86. The van der Waals surface area contributed by atoms with Crippen LogP contribution in [-0.4, -0.2) is 74.6 Å². The van der Waals surface area contributed by atoms with Crippen LogP contribution >= 0.6 is 35.0 Å². The third kappa shape index (κ3) is 7.10. The summed E-state index contributed by atoms with van der Waals surface area (Å²) in [5, 5.41) is 1.02. The molecule has 0 aliphatic carbocycles. The van der Waals surface area contributed by atoms with E-state index in [1.807, 2.05) is 30.5 Å². The number of hydrogen-bond acceptors (Lipinski definition) is 5. The van der Waals surface area contributed by atoms with E-state index < -0.39 is 21.3 Å². The molecule has 0 unspecified atom stereocenters. The van der Waals surface area contributed by atoms with Gasteiger partial charge in [0.1, 0.15) is 17.4 Å². The molecule has 46 heavy (non-hydrogen) atoms. The highest BCUT2D eigenvalue weighted by molar-refractivity contribution is 7.98. The summed E-state index contributed by atoms with van der Waals surface area (Å²) in [6, 6.07) is 13.9. The number of thioether (sulfide) groups is 1. The molecule has 1 aliphatic rings. The maximum atomic E-state index is 15.5. The number of rotatable bonds is 11. The summed E-state index contributed by atoms with van der Waals surface area (Å²) in [5.41, 5.74) is 1.91. The summed E-state index contributed by atoms with van der Waals surface area (Å²) in [6.45, 7) is 5.68. The Bertz CT molecular complexity index is 1830. The lowest BCUT2D eigenvalue weighted by Crippen LogP contribution is -2.55. The summed E-state index contributed by atoms with van der Waals surface area (Å²) < 4.78 is 65.4. The molecule has 0 N–H and O–H groups in total. The number of sulfonamides is 1. The Morgan fingerprint density at radius 1 is 1.02 bits per heavy atom. The van der Waals surface area contributed by atoms with Gasteiger partial charge in [0, 0.05) is 46.4 Å². The van der Waals surface area contributed by atoms with Crippen molar-refractivity contribution in [3.05, 3.63) is 99.3 Å². The van der Waals surface area contributed by atoms with Crippen molar-refractivity contribution in [3.63, 3.8) is 0 Å². The first kappa shape index (κ1) is 34.7. The van der Waals surface area contributed by atoms with Crippen molar-refractivity contribution < 1.29 is 26.4 Å². The van der Waals surface area contributed by atoms with Gasteiger partial charge in [0.25, 0.3) is 0 Å². The van der Waals surface area contributed by atoms with Gasteiger partial charge in [-0.1, -0.05) is 54.9 Å². The van der Waals surface area contributed by atoms with Crippen LogP contribution in [0.25, 0.3) is 5.69 Å². The van der Waals surface area contributed by atoms with Crippen molar-refractivity contribution in [3.8, 4) is 11.4 Å². The van der Waals surface area contributed by atoms with Gasteiger partial charge in [-0.05, 0) is 54.1 Å². The van der Waals surface area contributed by atoms with E-state index in [0.717, 1.165) is 28.4 Å². The van der Waals surface area contributed by atoms with Crippen LogP contribution in [0.1, 0.15) is 30.7 Å². The molecule has 3 aromatic carbocycles. The van der Waals surface area contributed by atoms with Crippen LogP contribution < -0.4 is 4.74 Å². The van der Waals surface area contributed by atoms with Crippen molar-refractivity contribution in [2.24, 2.45) is 5.92 Å². The van der Waals surface area contributed by atoms with Crippen LogP contribution in [0.4, 0.5) is 8.78 Å². The van der Waals surface area contributed by atoms with Gasteiger partial charge < -0.3 is 9.22 Å². The van der Waals surface area contributed by atoms with E-state index in [1.54, 1.807) is 31.5 Å². The Balaban J connectivity index is 1.43. The molecule has 13 heteroatoms. The van der Waals surface area contributed by atoms with Crippen molar-refractivity contribution >= 4 is 45.0 Å². The van der Waals surface area contributed by atoms with Crippen LogP contribution in [0, 0.1) is 17.6 Å². The lowest BCUT2D eigenvalue weighted by atomic mass is 9.81. The van der Waals surface area contributed by atoms with Gasteiger partial charge in [0.2, 0.25) is 10.0 Å². The first-order chi connectivity index (χ1) is 21.5. The number of hydrogen-bond donors (Lipinski definition) is 0. The number of methoxy groups -OCH3 is 1. The fourth-order valence-electron chi connectivity index (χ4n) is 5.67. The van der Waals surface area contributed by atoms with Crippen molar-refractivity contribution in [1.82, 2.24) is 13.9 Å². The molecule has 246 valence electrons. The van der Waals surface area contributed by atoms with Crippen molar-refractivity contribution in [2.75, 3.05) is 47.9 Å². The molecular weight excluding hydrogens is 673 g/mol. The fraction of sp³-hybridized carbons (Fsp3) is 0.364. The maximum Gasteiger partial charge on any atom is 0.243 e. The molecule has 5 rings (SSSR count). The fourth-order valence-corrected chi connectivity index (χ4v) is 8.95. The maximum absolute atomic E-state index is 15.5. The Morgan fingerprint density at radius 2 is 1.70 bits per heavy atom. The van der Waals surface area contributed by atoms with E-state index in [9.17, 15) is 12.8 Å². The van der Waals surface area contributed by atoms with E-state index in [-0.39, 0.29) is 33.0 Å². The second-order valence-corrected chi connectivity index (χ2v) is 16.7. The number of ether oxygens (including phenoxy) is 1. The standard InChI is InChI=1S/C33H37Cl2F2N4O3S2/c1-33(2,22-7-12-27(34)30(13-22)44-6)31-16-38-32(40(31)24-10-8-23(36)9-11-24)45-20-26-28(35)14-25(15-29(26)37)46(42,43)39-17-21(18-39)19-41(3,4)5/h7-16,21H,17-20H2,1-6H3/q+1. The molecule has 1 saturated heterocycles. The molecular formula is C33H37Cl2F2N4O3S2+. The molecule has 0 saturated carbocycles. The largest absolute Gasteiger partial charge is 0.495 e. The lowest BCUT2D eigenvalue weighted by Gasteiger charge is -2.41. The van der Waals surface area contributed by atoms with E-state index in [1.165, 1.54) is 34.3 Å². The average molecular weight is 711 g/mol. The molecule has 0 spiro atoms. The second kappa shape index (κ2) is 13.1. The van der Waals surface area contributed by atoms with Crippen molar-refractivity contribution in [1.29, 1.82) is 0 Å². The van der Waals surface area contributed by atoms with Crippen LogP contribution in [0.3, 0.4) is 0 Å². The smallest absolute Gasteiger partial charge is 0.243 e. The predicted molar refractivity (Wildman–Crippen MR) is 180 cm³/mol. The van der Waals surface area contributed by atoms with Gasteiger partial charge in [0.15, 0.2) is 5.16 Å². The Kier molecular flexibility index (Phi) is 9.86. The number of nitrogens with zero attached hydrogens (tertiary/aromatic N) is 4. The number of imidazole rings is 1. The highest BCUT2D eigenvalue weighted by Gasteiger charge is 2.39. The van der Waals surface area contributed by atoms with Crippen LogP contribution in [0.15, 0.2) is 70.8 Å². The van der Waals surface area contributed by atoms with Gasteiger partial charge in [0.05, 0.1) is 56.6 Å². The monoisotopic (exact) mass is 709 g/mol. The molecule has 0 radical (unpaired) electrons. The molecule has 1 aromatic heterocycles. The normalized spacial score (nSPS) is 14.8. The van der Waals surface area contributed by atoms with Gasteiger partial charge in [-0.2, -0.15) is 4.31 Å². The third-order valence-electron chi connectivity index (χ3n) is 8.15. The molecule has 0 atom stereocenters. The van der Waals surface area contributed by atoms with Gasteiger partial charge in [-0.15, -0.1) is 0 Å². The number of halogens is 4. The van der Waals surface area contributed by atoms with E-state index in [4.69, 9.17) is 27.9 Å². The number of aromatic nitrogens is 2. The summed E-state index contributed by atoms with van der Waals surface area (Å²) in [5.74, 6) is -0.244. The zero-order valence-electron chi connectivity index (χ0n) is 26.5. The minimum absolute atomic E-state index is 0.0169. The molecule has 4 aromatic rings. The first-order valence-corrected chi connectivity index (χ1v) is 17.8. The van der Waals surface area contributed by atoms with Crippen LogP contribution in [0.5, 0.6) is 5.75 Å². The zero-order valence-corrected chi connectivity index (χ0v) is 29.7. The predicted octanol–water partition coefficient (Wildman–Crippen LogP) is 7.41. The SMILES string of the molecule is COc1cc(C(C)(C)c2cnc(SCc3c(F)cc(S(=O)(=O)N4CC(C[N+](C)(C)C)C4)cc3Cl)n2-c2ccc(F)cc2)ccc1Cl. The minimum Gasteiger partial charge on any atom is -0.495 e. The van der Waals surface area contributed by atoms with Crippen molar-refractivity contribution in [2.45, 2.75) is 35.1 Å². The molecule has 0 amide bonds. The second-order valence-electron chi connectivity index (χ2n) is 13.0. The molecule has 2 heterocycles. The Morgan fingerprint density at radius 3 is 2.30 bits per heavy atom. The zero-order chi connectivity index (χ0) is 33.6. The summed E-state index contributed by atoms with van der Waals surface area (Å²) >= 11 is 14.1. The molecule has 1 fully saturated rings. The van der Waals surface area contributed by atoms with Gasteiger partial charge >= 0.3 is 0 Å². The Hall–Kier alpha value is -2.67. The van der Waals surface area contributed by atoms with Gasteiger partial charge in [-0.25, -0.2) is 22.2 Å². The van der Waals surface area contributed by atoms with Crippen LogP contribution in [-0.2, 0) is 21.2 Å². The molecule has 7 nitrogen and oxygen atoms in total. The molecule has 0 bridgehead atoms. The van der Waals surface area contributed by atoms with E-state index in [2.05, 4.69) is 26.1 Å².